The number of amides is 2. The number of carbonyl (C=O) groups is 2. The van der Waals surface area contributed by atoms with E-state index in [1.54, 1.807) is 0 Å². The third-order valence-electron chi connectivity index (χ3n) is 2.97. The minimum absolute atomic E-state index is 0.0198. The van der Waals surface area contributed by atoms with E-state index in [2.05, 4.69) is 10.6 Å². The Morgan fingerprint density at radius 2 is 1.67 bits per heavy atom. The van der Waals surface area contributed by atoms with Crippen molar-refractivity contribution in [3.05, 3.63) is 28.8 Å². The van der Waals surface area contributed by atoms with Crippen molar-refractivity contribution in [1.29, 1.82) is 0 Å². The van der Waals surface area contributed by atoms with Crippen LogP contribution in [0.3, 0.4) is 0 Å². The lowest BCUT2D eigenvalue weighted by atomic mass is 10.1. The molecule has 0 aromatic heterocycles. The van der Waals surface area contributed by atoms with Crippen LogP contribution in [0.5, 0.6) is 5.75 Å². The van der Waals surface area contributed by atoms with Gasteiger partial charge in [-0.2, -0.15) is 0 Å². The van der Waals surface area contributed by atoms with Crippen LogP contribution in [0.1, 0.15) is 30.0 Å². The summed E-state index contributed by atoms with van der Waals surface area (Å²) in [4.78, 5) is 23.0. The summed E-state index contributed by atoms with van der Waals surface area (Å²) in [5, 5.41) is 5.23. The Kier molecular flexibility index (Phi) is 6.72. The fourth-order valence-corrected chi connectivity index (χ4v) is 2.09. The van der Waals surface area contributed by atoms with Gasteiger partial charge in [-0.3, -0.25) is 9.59 Å². The van der Waals surface area contributed by atoms with Crippen LogP contribution >= 0.6 is 0 Å². The highest BCUT2D eigenvalue weighted by Crippen LogP contribution is 2.24. The molecule has 1 aromatic carbocycles. The highest BCUT2D eigenvalue weighted by molar-refractivity contribution is 5.85. The first kappa shape index (κ1) is 17.0. The molecule has 0 aliphatic heterocycles. The van der Waals surface area contributed by atoms with E-state index >= 15 is 0 Å². The van der Waals surface area contributed by atoms with Gasteiger partial charge in [0.2, 0.25) is 5.91 Å². The Bertz CT molecular complexity index is 489. The van der Waals surface area contributed by atoms with E-state index in [9.17, 15) is 9.59 Å². The van der Waals surface area contributed by atoms with Crippen LogP contribution in [0, 0.1) is 20.8 Å². The van der Waals surface area contributed by atoms with Gasteiger partial charge in [0.25, 0.3) is 5.91 Å². The van der Waals surface area contributed by atoms with Gasteiger partial charge < -0.3 is 15.4 Å². The molecule has 0 aliphatic rings. The molecule has 0 bridgehead atoms. The summed E-state index contributed by atoms with van der Waals surface area (Å²) < 4.78 is 5.55. The summed E-state index contributed by atoms with van der Waals surface area (Å²) in [7, 11) is 0. The van der Waals surface area contributed by atoms with E-state index in [-0.39, 0.29) is 25.0 Å². The predicted molar refractivity (Wildman–Crippen MR) is 82.5 cm³/mol. The molecule has 0 saturated carbocycles. The van der Waals surface area contributed by atoms with Crippen LogP contribution in [-0.2, 0) is 9.59 Å². The van der Waals surface area contributed by atoms with E-state index in [0.717, 1.165) is 28.9 Å². The summed E-state index contributed by atoms with van der Waals surface area (Å²) >= 11 is 0. The number of aryl methyl sites for hydroxylation is 3. The minimum Gasteiger partial charge on any atom is -0.483 e. The van der Waals surface area contributed by atoms with Gasteiger partial charge in [-0.25, -0.2) is 0 Å². The first-order valence-corrected chi connectivity index (χ1v) is 7.18. The molecule has 1 aromatic rings. The van der Waals surface area contributed by atoms with Crippen LogP contribution in [0.4, 0.5) is 0 Å². The molecule has 0 heterocycles. The van der Waals surface area contributed by atoms with Gasteiger partial charge >= 0.3 is 0 Å². The van der Waals surface area contributed by atoms with Crippen molar-refractivity contribution in [1.82, 2.24) is 10.6 Å². The second-order valence-electron chi connectivity index (χ2n) is 5.14. The molecule has 0 unspecified atom stereocenters. The lowest BCUT2D eigenvalue weighted by Gasteiger charge is -2.13. The van der Waals surface area contributed by atoms with E-state index in [0.29, 0.717) is 6.54 Å². The molecule has 0 spiro atoms. The largest absolute Gasteiger partial charge is 0.483 e. The Morgan fingerprint density at radius 1 is 1.05 bits per heavy atom. The fourth-order valence-electron chi connectivity index (χ4n) is 2.09. The zero-order valence-corrected chi connectivity index (χ0v) is 13.2. The van der Waals surface area contributed by atoms with Gasteiger partial charge in [0, 0.05) is 6.54 Å². The number of nitrogens with one attached hydrogen (secondary N) is 2. The highest BCUT2D eigenvalue weighted by Gasteiger charge is 2.09. The van der Waals surface area contributed by atoms with Crippen LogP contribution in [-0.4, -0.2) is 31.5 Å². The SMILES string of the molecule is CCCNC(=O)CNC(=O)COc1c(C)cc(C)cc1C. The van der Waals surface area contributed by atoms with Crippen molar-refractivity contribution < 1.29 is 14.3 Å². The van der Waals surface area contributed by atoms with Gasteiger partial charge in [0.05, 0.1) is 6.54 Å². The normalized spacial score (nSPS) is 10.1. The second-order valence-corrected chi connectivity index (χ2v) is 5.14. The van der Waals surface area contributed by atoms with Crippen LogP contribution in [0.15, 0.2) is 12.1 Å². The zero-order chi connectivity index (χ0) is 15.8. The maximum Gasteiger partial charge on any atom is 0.258 e. The van der Waals surface area contributed by atoms with Crippen LogP contribution in [0.25, 0.3) is 0 Å². The Hall–Kier alpha value is -2.04. The summed E-state index contributed by atoms with van der Waals surface area (Å²) in [5.74, 6) is 0.236. The van der Waals surface area contributed by atoms with Crippen LogP contribution in [0.2, 0.25) is 0 Å². The standard InChI is InChI=1S/C16H24N2O3/c1-5-6-17-14(19)9-18-15(20)10-21-16-12(3)7-11(2)8-13(16)4/h7-8H,5-6,9-10H2,1-4H3,(H,17,19)(H,18,20). The predicted octanol–water partition coefficient (Wildman–Crippen LogP) is 1.63. The average Bonchev–Trinajstić information content (AvgIpc) is 2.41. The van der Waals surface area contributed by atoms with Crippen molar-refractivity contribution in [2.75, 3.05) is 19.7 Å². The molecule has 1 rings (SSSR count). The molecule has 0 radical (unpaired) electrons. The average molecular weight is 292 g/mol. The second kappa shape index (κ2) is 8.29. The summed E-state index contributed by atoms with van der Waals surface area (Å²) in [6.07, 6.45) is 0.870. The number of rotatable bonds is 7. The number of benzene rings is 1. The first-order chi connectivity index (χ1) is 9.93. The minimum atomic E-state index is -0.305. The van der Waals surface area contributed by atoms with Gasteiger partial charge in [-0.05, 0) is 38.3 Å². The number of carbonyl (C=O) groups excluding carboxylic acids is 2. The fraction of sp³-hybridized carbons (Fsp3) is 0.500. The molecule has 0 aliphatic carbocycles. The van der Waals surface area contributed by atoms with Crippen molar-refractivity contribution in [2.45, 2.75) is 34.1 Å². The third-order valence-corrected chi connectivity index (χ3v) is 2.97. The molecule has 5 nitrogen and oxygen atoms in total. The van der Waals surface area contributed by atoms with Crippen LogP contribution < -0.4 is 15.4 Å². The molecular weight excluding hydrogens is 268 g/mol. The van der Waals surface area contributed by atoms with Crippen molar-refractivity contribution >= 4 is 11.8 Å². The molecule has 116 valence electrons. The summed E-state index contributed by atoms with van der Waals surface area (Å²) in [6, 6.07) is 4.02. The molecule has 5 heteroatoms. The first-order valence-electron chi connectivity index (χ1n) is 7.18. The van der Waals surface area contributed by atoms with E-state index in [4.69, 9.17) is 4.74 Å². The van der Waals surface area contributed by atoms with E-state index in [1.807, 2.05) is 39.8 Å². The topological polar surface area (TPSA) is 67.4 Å². The Labute approximate surface area is 126 Å². The zero-order valence-electron chi connectivity index (χ0n) is 13.2. The van der Waals surface area contributed by atoms with Gasteiger partial charge in [-0.15, -0.1) is 0 Å². The molecule has 21 heavy (non-hydrogen) atoms. The summed E-state index contributed by atoms with van der Waals surface area (Å²) in [5.41, 5.74) is 3.16. The smallest absolute Gasteiger partial charge is 0.258 e. The van der Waals surface area contributed by atoms with Gasteiger partial charge in [-0.1, -0.05) is 24.6 Å². The molecular formula is C16H24N2O3. The lowest BCUT2D eigenvalue weighted by molar-refractivity contribution is -0.127. The Morgan fingerprint density at radius 3 is 2.24 bits per heavy atom. The van der Waals surface area contributed by atoms with Crippen molar-refractivity contribution in [2.24, 2.45) is 0 Å². The molecule has 2 amide bonds. The van der Waals surface area contributed by atoms with Gasteiger partial charge in [0.1, 0.15) is 5.75 Å². The molecule has 0 saturated heterocycles. The molecule has 0 atom stereocenters. The van der Waals surface area contributed by atoms with E-state index < -0.39 is 0 Å². The van der Waals surface area contributed by atoms with Crippen molar-refractivity contribution in [3.63, 3.8) is 0 Å². The maximum absolute atomic E-state index is 11.7. The number of hydrogen-bond donors (Lipinski definition) is 2. The third kappa shape index (κ3) is 5.85. The molecule has 0 fully saturated rings. The monoisotopic (exact) mass is 292 g/mol. The highest BCUT2D eigenvalue weighted by atomic mass is 16.5. The maximum atomic E-state index is 11.7. The number of ether oxygens (including phenoxy) is 1. The number of hydrogen-bond acceptors (Lipinski definition) is 3. The Balaban J connectivity index is 2.42. The quantitative estimate of drug-likeness (QED) is 0.802. The van der Waals surface area contributed by atoms with E-state index in [1.165, 1.54) is 0 Å². The van der Waals surface area contributed by atoms with Crippen molar-refractivity contribution in [3.8, 4) is 5.75 Å². The van der Waals surface area contributed by atoms with Gasteiger partial charge in [0.15, 0.2) is 6.61 Å². The summed E-state index contributed by atoms with van der Waals surface area (Å²) in [6.45, 7) is 8.40. The molecule has 2 N–H and O–H groups in total. The lowest BCUT2D eigenvalue weighted by Crippen LogP contribution is -2.39.